The van der Waals surface area contributed by atoms with Crippen LogP contribution in [0, 0.1) is 17.2 Å². The Morgan fingerprint density at radius 2 is 1.81 bits per heavy atom. The zero-order chi connectivity index (χ0) is 22.1. The Labute approximate surface area is 180 Å². The monoisotopic (exact) mass is 421 g/mol. The Morgan fingerprint density at radius 1 is 1.06 bits per heavy atom. The second-order valence-corrected chi connectivity index (χ2v) is 7.04. The number of rotatable bonds is 5. The van der Waals surface area contributed by atoms with E-state index in [4.69, 9.17) is 10.00 Å². The van der Waals surface area contributed by atoms with Crippen LogP contribution in [0.4, 0.5) is 10.5 Å². The average molecular weight is 421 g/mol. The van der Waals surface area contributed by atoms with Crippen molar-refractivity contribution in [1.82, 2.24) is 15.8 Å². The number of amides is 4. The van der Waals surface area contributed by atoms with Gasteiger partial charge in [-0.15, -0.1) is 0 Å². The number of hydrogen-bond donors (Lipinski definition) is 3. The van der Waals surface area contributed by atoms with Gasteiger partial charge < -0.3 is 15.0 Å². The normalized spacial score (nSPS) is 15.3. The van der Waals surface area contributed by atoms with Gasteiger partial charge in [-0.2, -0.15) is 5.26 Å². The number of para-hydroxylation sites is 1. The Hall–Kier alpha value is -4.06. The van der Waals surface area contributed by atoms with Gasteiger partial charge in [0.2, 0.25) is 5.91 Å². The lowest BCUT2D eigenvalue weighted by atomic mass is 9.98. The summed E-state index contributed by atoms with van der Waals surface area (Å²) in [5.41, 5.74) is 5.89. The standard InChI is InChI=1S/C22H23N5O4/c23-13-16-8-10-19(11-9-16)31-15-20(28)25-26-21(29)17-5-4-12-27(14-17)22(30)24-18-6-2-1-3-7-18/h1-3,6-11,17H,4-5,12,14-15H2,(H,24,30)(H,25,28)(H,26,29)/t17-/m1/s1. The largest absolute Gasteiger partial charge is 0.484 e. The molecule has 1 saturated heterocycles. The number of urea groups is 1. The van der Waals surface area contributed by atoms with Crippen molar-refractivity contribution in [2.24, 2.45) is 5.92 Å². The lowest BCUT2D eigenvalue weighted by Gasteiger charge is -2.32. The summed E-state index contributed by atoms with van der Waals surface area (Å²) in [4.78, 5) is 38.4. The summed E-state index contributed by atoms with van der Waals surface area (Å²) in [5.74, 6) is -0.862. The molecule has 4 amide bonds. The molecule has 31 heavy (non-hydrogen) atoms. The van der Waals surface area contributed by atoms with Crippen molar-refractivity contribution >= 4 is 23.5 Å². The van der Waals surface area contributed by atoms with Crippen LogP contribution in [0.15, 0.2) is 54.6 Å². The van der Waals surface area contributed by atoms with Crippen LogP contribution in [-0.4, -0.2) is 42.4 Å². The van der Waals surface area contributed by atoms with E-state index in [2.05, 4.69) is 16.2 Å². The van der Waals surface area contributed by atoms with Crippen LogP contribution in [-0.2, 0) is 9.59 Å². The third-order valence-corrected chi connectivity index (χ3v) is 4.78. The van der Waals surface area contributed by atoms with Gasteiger partial charge in [0.15, 0.2) is 6.61 Å². The number of nitriles is 1. The molecule has 0 aliphatic carbocycles. The molecule has 2 aromatic carbocycles. The molecule has 0 unspecified atom stereocenters. The molecule has 1 aliphatic heterocycles. The molecular weight excluding hydrogens is 398 g/mol. The van der Waals surface area contributed by atoms with E-state index in [1.165, 1.54) is 0 Å². The zero-order valence-corrected chi connectivity index (χ0v) is 16.8. The number of nitrogens with zero attached hydrogens (tertiary/aromatic N) is 2. The van der Waals surface area contributed by atoms with E-state index in [1.54, 1.807) is 41.3 Å². The third-order valence-electron chi connectivity index (χ3n) is 4.78. The number of hydrazine groups is 1. The van der Waals surface area contributed by atoms with E-state index in [-0.39, 0.29) is 25.1 Å². The highest BCUT2D eigenvalue weighted by Gasteiger charge is 2.28. The first kappa shape index (κ1) is 21.6. The highest BCUT2D eigenvalue weighted by Crippen LogP contribution is 2.18. The van der Waals surface area contributed by atoms with Gasteiger partial charge in [-0.1, -0.05) is 18.2 Å². The van der Waals surface area contributed by atoms with Gasteiger partial charge in [0.05, 0.1) is 17.6 Å². The first-order valence-electron chi connectivity index (χ1n) is 9.88. The van der Waals surface area contributed by atoms with Crippen molar-refractivity contribution < 1.29 is 19.1 Å². The van der Waals surface area contributed by atoms with Crippen LogP contribution in [0.2, 0.25) is 0 Å². The number of piperidine rings is 1. The summed E-state index contributed by atoms with van der Waals surface area (Å²) in [7, 11) is 0. The fourth-order valence-corrected chi connectivity index (χ4v) is 3.14. The van der Waals surface area contributed by atoms with Gasteiger partial charge in [-0.05, 0) is 49.2 Å². The molecule has 3 rings (SSSR count). The minimum absolute atomic E-state index is 0.261. The number of anilines is 1. The number of carbonyl (C=O) groups excluding carboxylic acids is 3. The van der Waals surface area contributed by atoms with E-state index in [9.17, 15) is 14.4 Å². The molecule has 1 heterocycles. The van der Waals surface area contributed by atoms with Crippen LogP contribution in [0.25, 0.3) is 0 Å². The summed E-state index contributed by atoms with van der Waals surface area (Å²) in [6.07, 6.45) is 1.31. The summed E-state index contributed by atoms with van der Waals surface area (Å²) in [5, 5.41) is 11.6. The number of hydrogen-bond acceptors (Lipinski definition) is 5. The number of nitrogens with one attached hydrogen (secondary N) is 3. The molecule has 160 valence electrons. The third kappa shape index (κ3) is 6.47. The smallest absolute Gasteiger partial charge is 0.321 e. The molecule has 2 aromatic rings. The van der Waals surface area contributed by atoms with Crippen LogP contribution < -0.4 is 20.9 Å². The molecule has 0 radical (unpaired) electrons. The lowest BCUT2D eigenvalue weighted by molar-refractivity contribution is -0.132. The van der Waals surface area contributed by atoms with E-state index in [1.807, 2.05) is 24.3 Å². The summed E-state index contributed by atoms with van der Waals surface area (Å²) in [6.45, 7) is 0.539. The second kappa shape index (κ2) is 10.6. The lowest BCUT2D eigenvalue weighted by Crippen LogP contribution is -2.51. The molecule has 0 spiro atoms. The van der Waals surface area contributed by atoms with Crippen molar-refractivity contribution in [3.63, 3.8) is 0 Å². The maximum absolute atomic E-state index is 12.4. The number of benzene rings is 2. The number of carbonyl (C=O) groups is 3. The predicted molar refractivity (Wildman–Crippen MR) is 113 cm³/mol. The quantitative estimate of drug-likeness (QED) is 0.638. The van der Waals surface area contributed by atoms with Gasteiger partial charge in [0.1, 0.15) is 5.75 Å². The minimum Gasteiger partial charge on any atom is -0.484 e. The van der Waals surface area contributed by atoms with Crippen molar-refractivity contribution in [2.75, 3.05) is 25.0 Å². The Balaban J connectivity index is 1.41. The Morgan fingerprint density at radius 3 is 2.52 bits per heavy atom. The fraction of sp³-hybridized carbons (Fsp3) is 0.273. The van der Waals surface area contributed by atoms with Gasteiger partial charge in [-0.25, -0.2) is 4.79 Å². The molecule has 0 bridgehead atoms. The highest BCUT2D eigenvalue weighted by atomic mass is 16.5. The Kier molecular flexibility index (Phi) is 7.43. The summed E-state index contributed by atoms with van der Waals surface area (Å²) < 4.78 is 5.32. The van der Waals surface area contributed by atoms with Crippen molar-refractivity contribution in [2.45, 2.75) is 12.8 Å². The zero-order valence-electron chi connectivity index (χ0n) is 16.8. The maximum Gasteiger partial charge on any atom is 0.321 e. The molecule has 1 atom stereocenters. The maximum atomic E-state index is 12.4. The van der Waals surface area contributed by atoms with E-state index >= 15 is 0 Å². The summed E-state index contributed by atoms with van der Waals surface area (Å²) >= 11 is 0. The molecule has 3 N–H and O–H groups in total. The first-order valence-corrected chi connectivity index (χ1v) is 9.88. The summed E-state index contributed by atoms with van der Waals surface area (Å²) in [6, 6.07) is 17.2. The molecule has 0 aromatic heterocycles. The van der Waals surface area contributed by atoms with Crippen molar-refractivity contribution in [3.8, 4) is 11.8 Å². The van der Waals surface area contributed by atoms with Gasteiger partial charge >= 0.3 is 6.03 Å². The fourth-order valence-electron chi connectivity index (χ4n) is 3.14. The van der Waals surface area contributed by atoms with Crippen molar-refractivity contribution in [1.29, 1.82) is 5.26 Å². The average Bonchev–Trinajstić information content (AvgIpc) is 2.82. The van der Waals surface area contributed by atoms with E-state index in [0.29, 0.717) is 36.4 Å². The van der Waals surface area contributed by atoms with Crippen molar-refractivity contribution in [3.05, 3.63) is 60.2 Å². The molecule has 1 fully saturated rings. The topological polar surface area (TPSA) is 124 Å². The second-order valence-electron chi connectivity index (χ2n) is 7.04. The van der Waals surface area contributed by atoms with Crippen LogP contribution in [0.5, 0.6) is 5.75 Å². The van der Waals surface area contributed by atoms with Gasteiger partial charge in [0.25, 0.3) is 5.91 Å². The van der Waals surface area contributed by atoms with Gasteiger partial charge in [0, 0.05) is 18.8 Å². The highest BCUT2D eigenvalue weighted by molar-refractivity contribution is 5.90. The number of ether oxygens (including phenoxy) is 1. The Bertz CT molecular complexity index is 956. The van der Waals surface area contributed by atoms with Crippen LogP contribution in [0.1, 0.15) is 18.4 Å². The first-order chi connectivity index (χ1) is 15.0. The predicted octanol–water partition coefficient (Wildman–Crippen LogP) is 2.03. The molecule has 9 heteroatoms. The molecule has 1 aliphatic rings. The molecule has 0 saturated carbocycles. The van der Waals surface area contributed by atoms with Crippen LogP contribution >= 0.6 is 0 Å². The molecular formula is C22H23N5O4. The molecule has 9 nitrogen and oxygen atoms in total. The SMILES string of the molecule is N#Cc1ccc(OCC(=O)NNC(=O)[C@@H]2CCCN(C(=O)Nc3ccccc3)C2)cc1. The van der Waals surface area contributed by atoms with E-state index < -0.39 is 11.8 Å². The van der Waals surface area contributed by atoms with Crippen LogP contribution in [0.3, 0.4) is 0 Å². The van der Waals surface area contributed by atoms with E-state index in [0.717, 1.165) is 0 Å². The van der Waals surface area contributed by atoms with Gasteiger partial charge in [-0.3, -0.25) is 20.4 Å². The minimum atomic E-state index is -0.521. The number of likely N-dealkylation sites (tertiary alicyclic amines) is 1.